The summed E-state index contributed by atoms with van der Waals surface area (Å²) in [6, 6.07) is 21.3. The minimum atomic E-state index is -1.51. The lowest BCUT2D eigenvalue weighted by Gasteiger charge is -2.27. The van der Waals surface area contributed by atoms with Crippen molar-refractivity contribution in [3.8, 4) is 0 Å². The highest BCUT2D eigenvalue weighted by atomic mass is 16.6. The predicted molar refractivity (Wildman–Crippen MR) is 112 cm³/mol. The number of para-hydroxylation sites is 1. The fraction of sp³-hybridized carbons (Fsp3) is 0.0870. The molecular weight excluding hydrogens is 398 g/mol. The van der Waals surface area contributed by atoms with Crippen LogP contribution in [-0.4, -0.2) is 28.4 Å². The van der Waals surface area contributed by atoms with Crippen molar-refractivity contribution in [3.63, 3.8) is 0 Å². The summed E-state index contributed by atoms with van der Waals surface area (Å²) in [6.07, 6.45) is -1.22. The smallest absolute Gasteiger partial charge is 0.269 e. The summed E-state index contributed by atoms with van der Waals surface area (Å²) in [5.41, 5.74) is 0.622. The van der Waals surface area contributed by atoms with Crippen LogP contribution in [0, 0.1) is 10.1 Å². The van der Waals surface area contributed by atoms with Crippen molar-refractivity contribution >= 4 is 28.8 Å². The number of hydrogen-bond acceptors (Lipinski definition) is 6. The fourth-order valence-electron chi connectivity index (χ4n) is 4.17. The summed E-state index contributed by atoms with van der Waals surface area (Å²) in [4.78, 5) is 43.0. The lowest BCUT2D eigenvalue weighted by Crippen LogP contribution is -2.52. The topological polar surface area (TPSA) is 111 Å². The van der Waals surface area contributed by atoms with Crippen LogP contribution in [0.1, 0.15) is 21.5 Å². The second-order valence-corrected chi connectivity index (χ2v) is 7.27. The van der Waals surface area contributed by atoms with Gasteiger partial charge in [-0.05, 0) is 18.2 Å². The molecule has 2 atom stereocenters. The van der Waals surface area contributed by atoms with Crippen LogP contribution in [0.5, 0.6) is 0 Å². The molecule has 0 saturated carbocycles. The van der Waals surface area contributed by atoms with Crippen molar-refractivity contribution in [1.82, 2.24) is 0 Å². The van der Waals surface area contributed by atoms with Crippen molar-refractivity contribution < 1.29 is 19.3 Å². The van der Waals surface area contributed by atoms with Gasteiger partial charge in [0.2, 0.25) is 17.8 Å². The molecular formula is C23H15N3O5. The number of nitrogens with one attached hydrogen (secondary N) is 1. The highest BCUT2D eigenvalue weighted by Crippen LogP contribution is 2.48. The molecule has 8 nitrogen and oxygen atoms in total. The molecule has 2 heterocycles. The first-order valence-electron chi connectivity index (χ1n) is 9.53. The van der Waals surface area contributed by atoms with Gasteiger partial charge in [0.05, 0.1) is 4.92 Å². The summed E-state index contributed by atoms with van der Waals surface area (Å²) >= 11 is 0. The quantitative estimate of drug-likeness (QED) is 0.400. The molecule has 2 aliphatic rings. The van der Waals surface area contributed by atoms with Crippen molar-refractivity contribution in [2.75, 3.05) is 5.32 Å². The third-order valence-electron chi connectivity index (χ3n) is 5.62. The lowest BCUT2D eigenvalue weighted by molar-refractivity contribution is -0.384. The standard InChI is InChI=1S/C23H15N3O5/c27-19(14-6-2-1-3-7-14)21-23(17-8-4-5-9-18(17)24-22(23)28)20(25-31-21)15-10-12-16(13-11-15)26(29)30/h1-13,21H,(H,24,28)/t21-,23+/m1/s1. The largest absolute Gasteiger partial charge is 0.382 e. The number of benzene rings is 3. The molecule has 0 aromatic heterocycles. The molecule has 3 aromatic rings. The van der Waals surface area contributed by atoms with Crippen LogP contribution in [0.3, 0.4) is 0 Å². The minimum absolute atomic E-state index is 0.0921. The number of rotatable bonds is 4. The maximum absolute atomic E-state index is 13.4. The van der Waals surface area contributed by atoms with Crippen LogP contribution >= 0.6 is 0 Å². The van der Waals surface area contributed by atoms with Gasteiger partial charge in [-0.2, -0.15) is 0 Å². The summed E-state index contributed by atoms with van der Waals surface area (Å²) < 4.78 is 0. The molecule has 8 heteroatoms. The number of nitrogens with zero attached hydrogens (tertiary/aromatic N) is 2. The van der Waals surface area contributed by atoms with Gasteiger partial charge in [-0.25, -0.2) is 0 Å². The van der Waals surface area contributed by atoms with Gasteiger partial charge in [-0.15, -0.1) is 0 Å². The summed E-state index contributed by atoms with van der Waals surface area (Å²) in [5, 5.41) is 18.0. The number of non-ortho nitro benzene ring substituents is 1. The van der Waals surface area contributed by atoms with Crippen LogP contribution in [0.25, 0.3) is 0 Å². The third-order valence-corrected chi connectivity index (χ3v) is 5.62. The first-order chi connectivity index (χ1) is 15.0. The summed E-state index contributed by atoms with van der Waals surface area (Å²) in [5.74, 6) is -0.814. The van der Waals surface area contributed by atoms with Gasteiger partial charge in [-0.3, -0.25) is 19.7 Å². The number of nitro groups is 1. The molecule has 1 spiro atoms. The Morgan fingerprint density at radius 1 is 1.00 bits per heavy atom. The number of oxime groups is 1. The number of amides is 1. The SMILES string of the molecule is O=C(c1ccccc1)[C@H]1ON=C(c2ccc([N+](=O)[O-])cc2)[C@]12C(=O)Nc1ccccc12. The predicted octanol–water partition coefficient (Wildman–Crippen LogP) is 3.47. The van der Waals surface area contributed by atoms with Crippen LogP contribution in [0.2, 0.25) is 0 Å². The van der Waals surface area contributed by atoms with E-state index in [1.54, 1.807) is 54.6 Å². The van der Waals surface area contributed by atoms with Crippen molar-refractivity contribution in [3.05, 3.63) is 106 Å². The number of ketones is 1. The van der Waals surface area contributed by atoms with Crippen LogP contribution in [0.4, 0.5) is 11.4 Å². The second-order valence-electron chi connectivity index (χ2n) is 7.27. The molecule has 152 valence electrons. The van der Waals surface area contributed by atoms with Gasteiger partial charge in [0.15, 0.2) is 5.41 Å². The Hall–Kier alpha value is -4.33. The number of anilines is 1. The van der Waals surface area contributed by atoms with E-state index in [0.717, 1.165) is 0 Å². The first-order valence-corrected chi connectivity index (χ1v) is 9.53. The maximum Gasteiger partial charge on any atom is 0.269 e. The average molecular weight is 413 g/mol. The summed E-state index contributed by atoms with van der Waals surface area (Å²) in [6.45, 7) is 0. The zero-order chi connectivity index (χ0) is 21.6. The number of fused-ring (bicyclic) bond motifs is 2. The molecule has 0 unspecified atom stereocenters. The van der Waals surface area contributed by atoms with Crippen molar-refractivity contribution in [1.29, 1.82) is 0 Å². The Balaban J connectivity index is 1.69. The normalized spacial score (nSPS) is 21.2. The minimum Gasteiger partial charge on any atom is -0.382 e. The zero-order valence-electron chi connectivity index (χ0n) is 16.0. The Kier molecular flexibility index (Phi) is 4.14. The Morgan fingerprint density at radius 3 is 2.39 bits per heavy atom. The van der Waals surface area contributed by atoms with E-state index < -0.39 is 22.3 Å². The van der Waals surface area contributed by atoms with Crippen molar-refractivity contribution in [2.24, 2.45) is 5.16 Å². The monoisotopic (exact) mass is 413 g/mol. The van der Waals surface area contributed by atoms with Crippen LogP contribution in [0.15, 0.2) is 84.0 Å². The Morgan fingerprint density at radius 2 is 1.68 bits per heavy atom. The number of Topliss-reactive ketones (excluding diaryl/α,β-unsaturated/α-hetero) is 1. The average Bonchev–Trinajstić information content (AvgIpc) is 3.33. The Bertz CT molecular complexity index is 1250. The molecule has 0 bridgehead atoms. The third kappa shape index (κ3) is 2.65. The van der Waals surface area contributed by atoms with Gasteiger partial charge in [0.25, 0.3) is 5.69 Å². The Labute approximate surface area is 176 Å². The van der Waals surface area contributed by atoms with Gasteiger partial charge in [0, 0.05) is 34.5 Å². The fourth-order valence-corrected chi connectivity index (χ4v) is 4.17. The van der Waals surface area contributed by atoms with E-state index in [1.807, 2.05) is 0 Å². The zero-order valence-corrected chi connectivity index (χ0v) is 16.0. The van der Waals surface area contributed by atoms with E-state index in [0.29, 0.717) is 22.4 Å². The molecule has 1 amide bonds. The molecule has 2 aliphatic heterocycles. The second kappa shape index (κ2) is 6.88. The number of nitro benzene ring substituents is 1. The van der Waals surface area contributed by atoms with Gasteiger partial charge < -0.3 is 10.2 Å². The van der Waals surface area contributed by atoms with E-state index in [-0.39, 0.29) is 17.2 Å². The number of carbonyl (C=O) groups is 2. The molecule has 0 saturated heterocycles. The van der Waals surface area contributed by atoms with E-state index >= 15 is 0 Å². The molecule has 3 aromatic carbocycles. The molecule has 1 N–H and O–H groups in total. The van der Waals surface area contributed by atoms with Crippen LogP contribution < -0.4 is 5.32 Å². The molecule has 0 aliphatic carbocycles. The van der Waals surface area contributed by atoms with E-state index in [2.05, 4.69) is 10.5 Å². The van der Waals surface area contributed by atoms with Crippen molar-refractivity contribution in [2.45, 2.75) is 11.5 Å². The maximum atomic E-state index is 13.4. The van der Waals surface area contributed by atoms with Gasteiger partial charge in [-0.1, -0.05) is 53.7 Å². The number of hydrogen-bond donors (Lipinski definition) is 1. The number of carbonyl (C=O) groups excluding carboxylic acids is 2. The van der Waals surface area contributed by atoms with Crippen LogP contribution in [-0.2, 0) is 15.0 Å². The van der Waals surface area contributed by atoms with E-state index in [9.17, 15) is 19.7 Å². The molecule has 0 radical (unpaired) electrons. The highest BCUT2D eigenvalue weighted by Gasteiger charge is 2.63. The molecule has 0 fully saturated rings. The molecule has 5 rings (SSSR count). The van der Waals surface area contributed by atoms with Gasteiger partial charge in [0.1, 0.15) is 5.71 Å². The van der Waals surface area contributed by atoms with E-state index in [4.69, 9.17) is 4.84 Å². The summed E-state index contributed by atoms with van der Waals surface area (Å²) in [7, 11) is 0. The lowest BCUT2D eigenvalue weighted by atomic mass is 9.69. The van der Waals surface area contributed by atoms with Gasteiger partial charge >= 0.3 is 0 Å². The van der Waals surface area contributed by atoms with E-state index in [1.165, 1.54) is 24.3 Å². The molecule has 31 heavy (non-hydrogen) atoms. The highest BCUT2D eigenvalue weighted by molar-refractivity contribution is 6.31. The first kappa shape index (κ1) is 18.7.